The summed E-state index contributed by atoms with van der Waals surface area (Å²) in [6, 6.07) is 2.87. The van der Waals surface area contributed by atoms with E-state index in [0.29, 0.717) is 12.4 Å². The minimum absolute atomic E-state index is 0.0914. The molecule has 0 atom stereocenters. The molecule has 0 aliphatic carbocycles. The number of hydrogen-bond donors (Lipinski definition) is 2. The number of nitrogen functional groups attached to an aromatic ring is 1. The zero-order valence-electron chi connectivity index (χ0n) is 10.1. The Morgan fingerprint density at radius 2 is 2.32 bits per heavy atom. The average Bonchev–Trinajstić information content (AvgIpc) is 2.87. The molecule has 0 bridgehead atoms. The van der Waals surface area contributed by atoms with Gasteiger partial charge in [0, 0.05) is 25.4 Å². The lowest BCUT2D eigenvalue weighted by atomic mass is 10.3. The summed E-state index contributed by atoms with van der Waals surface area (Å²) in [5.74, 6) is 0.424. The zero-order chi connectivity index (χ0) is 13.7. The summed E-state index contributed by atoms with van der Waals surface area (Å²) in [6.07, 6.45) is 4.22. The number of nitro groups is 1. The van der Waals surface area contributed by atoms with E-state index in [1.807, 2.05) is 0 Å². The second kappa shape index (κ2) is 5.76. The van der Waals surface area contributed by atoms with Gasteiger partial charge in [-0.25, -0.2) is 4.98 Å². The molecule has 0 aliphatic rings. The number of pyridine rings is 1. The number of rotatable bonds is 6. The maximum atomic E-state index is 10.6. The van der Waals surface area contributed by atoms with Gasteiger partial charge in [0.2, 0.25) is 5.82 Å². The SMILES string of the molecule is Nc1nc(NCCCn2ccnn2)ccc1[N+](=O)[O-]. The maximum Gasteiger partial charge on any atom is 0.311 e. The van der Waals surface area contributed by atoms with Crippen LogP contribution in [0.1, 0.15) is 6.42 Å². The van der Waals surface area contributed by atoms with Gasteiger partial charge in [0.15, 0.2) is 0 Å². The molecule has 0 radical (unpaired) electrons. The van der Waals surface area contributed by atoms with Gasteiger partial charge in [-0.15, -0.1) is 5.10 Å². The number of nitrogens with zero attached hydrogens (tertiary/aromatic N) is 5. The fraction of sp³-hybridized carbons (Fsp3) is 0.300. The van der Waals surface area contributed by atoms with Crippen LogP contribution in [-0.4, -0.2) is 31.4 Å². The van der Waals surface area contributed by atoms with Crippen molar-refractivity contribution in [3.05, 3.63) is 34.6 Å². The minimum atomic E-state index is -0.559. The molecular formula is C10H13N7O2. The van der Waals surface area contributed by atoms with Crippen LogP contribution in [0.2, 0.25) is 0 Å². The molecule has 0 saturated carbocycles. The van der Waals surface area contributed by atoms with E-state index in [0.717, 1.165) is 13.0 Å². The highest BCUT2D eigenvalue weighted by Crippen LogP contribution is 2.20. The van der Waals surface area contributed by atoms with Crippen LogP contribution in [0.4, 0.5) is 17.3 Å². The molecule has 2 aromatic heterocycles. The van der Waals surface area contributed by atoms with Gasteiger partial charge in [0.1, 0.15) is 5.82 Å². The first-order valence-corrected chi connectivity index (χ1v) is 5.65. The normalized spacial score (nSPS) is 10.3. The van der Waals surface area contributed by atoms with Crippen LogP contribution >= 0.6 is 0 Å². The van der Waals surface area contributed by atoms with E-state index in [-0.39, 0.29) is 11.5 Å². The highest BCUT2D eigenvalue weighted by molar-refractivity contribution is 5.57. The van der Waals surface area contributed by atoms with Crippen LogP contribution < -0.4 is 11.1 Å². The Kier molecular flexibility index (Phi) is 3.86. The Morgan fingerprint density at radius 1 is 1.47 bits per heavy atom. The lowest BCUT2D eigenvalue weighted by Crippen LogP contribution is -2.09. The number of aromatic nitrogens is 4. The Morgan fingerprint density at radius 3 is 2.95 bits per heavy atom. The van der Waals surface area contributed by atoms with Crippen molar-refractivity contribution in [1.82, 2.24) is 20.0 Å². The molecule has 0 aromatic carbocycles. The smallest absolute Gasteiger partial charge is 0.311 e. The van der Waals surface area contributed by atoms with Crippen LogP contribution in [0, 0.1) is 10.1 Å². The number of anilines is 2. The summed E-state index contributed by atoms with van der Waals surface area (Å²) in [7, 11) is 0. The van der Waals surface area contributed by atoms with Crippen molar-refractivity contribution in [2.75, 3.05) is 17.6 Å². The first-order valence-electron chi connectivity index (χ1n) is 5.65. The quantitative estimate of drug-likeness (QED) is 0.445. The Bertz CT molecular complexity index is 555. The van der Waals surface area contributed by atoms with Gasteiger partial charge >= 0.3 is 5.69 Å². The number of hydrogen-bond acceptors (Lipinski definition) is 7. The van der Waals surface area contributed by atoms with Crippen molar-refractivity contribution in [1.29, 1.82) is 0 Å². The molecule has 0 fully saturated rings. The van der Waals surface area contributed by atoms with Gasteiger partial charge < -0.3 is 11.1 Å². The molecular weight excluding hydrogens is 250 g/mol. The third-order valence-corrected chi connectivity index (χ3v) is 2.44. The molecule has 9 nitrogen and oxygen atoms in total. The van der Waals surface area contributed by atoms with Crippen LogP contribution in [0.5, 0.6) is 0 Å². The third kappa shape index (κ3) is 3.37. The predicted molar refractivity (Wildman–Crippen MR) is 68.4 cm³/mol. The van der Waals surface area contributed by atoms with Crippen molar-refractivity contribution in [2.24, 2.45) is 0 Å². The third-order valence-electron chi connectivity index (χ3n) is 2.44. The largest absolute Gasteiger partial charge is 0.378 e. The predicted octanol–water partition coefficient (Wildman–Crippen LogP) is 0.666. The van der Waals surface area contributed by atoms with Crippen LogP contribution in [0.3, 0.4) is 0 Å². The molecule has 9 heteroatoms. The fourth-order valence-electron chi connectivity index (χ4n) is 1.53. The lowest BCUT2D eigenvalue weighted by molar-refractivity contribution is -0.384. The Labute approximate surface area is 108 Å². The molecule has 0 saturated heterocycles. The summed E-state index contributed by atoms with van der Waals surface area (Å²) in [6.45, 7) is 1.39. The molecule has 0 aliphatic heterocycles. The molecule has 2 rings (SSSR count). The molecule has 3 N–H and O–H groups in total. The molecule has 2 aromatic rings. The zero-order valence-corrected chi connectivity index (χ0v) is 10.1. The average molecular weight is 263 g/mol. The molecule has 0 amide bonds. The van der Waals surface area contributed by atoms with Gasteiger partial charge in [-0.1, -0.05) is 5.21 Å². The highest BCUT2D eigenvalue weighted by Gasteiger charge is 2.12. The first kappa shape index (κ1) is 12.7. The van der Waals surface area contributed by atoms with Gasteiger partial charge in [0.05, 0.1) is 11.1 Å². The van der Waals surface area contributed by atoms with E-state index < -0.39 is 4.92 Å². The summed E-state index contributed by atoms with van der Waals surface area (Å²) in [4.78, 5) is 13.9. The maximum absolute atomic E-state index is 10.6. The van der Waals surface area contributed by atoms with E-state index in [1.54, 1.807) is 17.1 Å². The van der Waals surface area contributed by atoms with E-state index >= 15 is 0 Å². The first-order chi connectivity index (χ1) is 9.16. The summed E-state index contributed by atoms with van der Waals surface area (Å²) < 4.78 is 1.72. The second-order valence-corrected chi connectivity index (χ2v) is 3.80. The van der Waals surface area contributed by atoms with Crippen molar-refractivity contribution in [3.63, 3.8) is 0 Å². The van der Waals surface area contributed by atoms with Gasteiger partial charge in [0.25, 0.3) is 0 Å². The number of nitrogens with one attached hydrogen (secondary N) is 1. The van der Waals surface area contributed by atoms with Gasteiger partial charge in [-0.2, -0.15) is 0 Å². The molecule has 2 heterocycles. The van der Waals surface area contributed by atoms with Crippen LogP contribution in [0.25, 0.3) is 0 Å². The summed E-state index contributed by atoms with van der Waals surface area (Å²) in [5, 5.41) is 21.1. The summed E-state index contributed by atoms with van der Waals surface area (Å²) in [5.41, 5.74) is 5.30. The fourth-order valence-corrected chi connectivity index (χ4v) is 1.53. The van der Waals surface area contributed by atoms with E-state index in [1.165, 1.54) is 12.1 Å². The van der Waals surface area contributed by atoms with E-state index in [2.05, 4.69) is 20.6 Å². The standard InChI is InChI=1S/C10H13N7O2/c11-10-8(17(18)19)2-3-9(14-10)12-4-1-6-16-7-5-13-15-16/h2-3,5,7H,1,4,6H2,(H3,11,12,14). The number of aryl methyl sites for hydroxylation is 1. The van der Waals surface area contributed by atoms with E-state index in [9.17, 15) is 10.1 Å². The Hall–Kier alpha value is -2.71. The molecule has 0 unspecified atom stereocenters. The lowest BCUT2D eigenvalue weighted by Gasteiger charge is -2.06. The molecule has 100 valence electrons. The highest BCUT2D eigenvalue weighted by atomic mass is 16.6. The minimum Gasteiger partial charge on any atom is -0.378 e. The second-order valence-electron chi connectivity index (χ2n) is 3.80. The van der Waals surface area contributed by atoms with E-state index in [4.69, 9.17) is 5.73 Å². The van der Waals surface area contributed by atoms with Crippen molar-refractivity contribution in [2.45, 2.75) is 13.0 Å². The topological polar surface area (TPSA) is 125 Å². The van der Waals surface area contributed by atoms with Crippen LogP contribution in [-0.2, 0) is 6.54 Å². The Balaban J connectivity index is 1.83. The molecule has 0 spiro atoms. The number of nitrogens with two attached hydrogens (primary N) is 1. The summed E-state index contributed by atoms with van der Waals surface area (Å²) >= 11 is 0. The van der Waals surface area contributed by atoms with Crippen LogP contribution in [0.15, 0.2) is 24.5 Å². The molecule has 19 heavy (non-hydrogen) atoms. The van der Waals surface area contributed by atoms with Crippen molar-refractivity contribution in [3.8, 4) is 0 Å². The van der Waals surface area contributed by atoms with Crippen molar-refractivity contribution >= 4 is 17.3 Å². The monoisotopic (exact) mass is 263 g/mol. The van der Waals surface area contributed by atoms with Gasteiger partial charge in [-0.3, -0.25) is 14.8 Å². The van der Waals surface area contributed by atoms with Crippen molar-refractivity contribution < 1.29 is 4.92 Å². The van der Waals surface area contributed by atoms with Gasteiger partial charge in [-0.05, 0) is 12.5 Å².